The van der Waals surface area contributed by atoms with Crippen molar-refractivity contribution >= 4 is 5.69 Å². The Bertz CT molecular complexity index is 963. The van der Waals surface area contributed by atoms with E-state index in [0.717, 1.165) is 43.1 Å². The molecule has 2 aliphatic heterocycles. The van der Waals surface area contributed by atoms with Gasteiger partial charge >= 0.3 is 0 Å². The number of hydrogen-bond acceptors (Lipinski definition) is 5. The van der Waals surface area contributed by atoms with Gasteiger partial charge in [-0.15, -0.1) is 0 Å². The van der Waals surface area contributed by atoms with Crippen LogP contribution in [0.1, 0.15) is 57.1 Å². The molecule has 2 aromatic carbocycles. The molecule has 35 heavy (non-hydrogen) atoms. The Kier molecular flexibility index (Phi) is 7.61. The highest BCUT2D eigenvalue weighted by Crippen LogP contribution is 2.40. The van der Waals surface area contributed by atoms with Crippen molar-refractivity contribution < 1.29 is 19.0 Å². The van der Waals surface area contributed by atoms with Crippen LogP contribution in [0.15, 0.2) is 48.5 Å². The van der Waals surface area contributed by atoms with Crippen molar-refractivity contribution in [3.05, 3.63) is 59.9 Å². The number of para-hydroxylation sites is 2. The fourth-order valence-corrected chi connectivity index (χ4v) is 6.02. The van der Waals surface area contributed by atoms with Gasteiger partial charge in [0.2, 0.25) is 0 Å². The van der Waals surface area contributed by atoms with Crippen molar-refractivity contribution in [2.24, 2.45) is 5.41 Å². The molecule has 1 saturated heterocycles. The van der Waals surface area contributed by atoms with Crippen molar-refractivity contribution in [2.75, 3.05) is 44.4 Å². The fourth-order valence-electron chi connectivity index (χ4n) is 6.02. The van der Waals surface area contributed by atoms with Gasteiger partial charge in [0.25, 0.3) is 0 Å². The number of halogens is 1. The molecule has 2 heterocycles. The summed E-state index contributed by atoms with van der Waals surface area (Å²) in [7, 11) is 0. The molecule has 0 bridgehead atoms. The topological polar surface area (TPSA) is 45.2 Å². The van der Waals surface area contributed by atoms with E-state index in [0.29, 0.717) is 19.8 Å². The number of β-amino-alcohol motifs (C(OH)–C–C–N with tert-alkyl or cyclic N) is 1. The Balaban J connectivity index is 1.37. The molecule has 2 aromatic rings. The molecule has 5 rings (SSSR count). The number of benzene rings is 2. The molecule has 1 N–H and O–H groups in total. The summed E-state index contributed by atoms with van der Waals surface area (Å²) < 4.78 is 26.2. The molecular formula is C29H39FN2O3. The summed E-state index contributed by atoms with van der Waals surface area (Å²) in [5, 5.41) is 10.3. The van der Waals surface area contributed by atoms with E-state index in [1.807, 2.05) is 30.3 Å². The van der Waals surface area contributed by atoms with Crippen molar-refractivity contribution in [3.63, 3.8) is 0 Å². The Morgan fingerprint density at radius 1 is 1.11 bits per heavy atom. The normalized spacial score (nSPS) is 25.2. The first-order valence-electron chi connectivity index (χ1n) is 13.2. The number of likely N-dealkylation sites (tertiary alicyclic amines) is 1. The largest absolute Gasteiger partial charge is 0.489 e. The quantitative estimate of drug-likeness (QED) is 0.561. The summed E-state index contributed by atoms with van der Waals surface area (Å²) in [6, 6.07) is 15.0. The van der Waals surface area contributed by atoms with Crippen LogP contribution in [0, 0.1) is 11.2 Å². The minimum absolute atomic E-state index is 0.0172. The van der Waals surface area contributed by atoms with E-state index in [2.05, 4.69) is 22.8 Å². The van der Waals surface area contributed by atoms with Gasteiger partial charge in [0.05, 0.1) is 37.1 Å². The Morgan fingerprint density at radius 3 is 2.63 bits per heavy atom. The molecule has 0 spiro atoms. The van der Waals surface area contributed by atoms with Gasteiger partial charge in [-0.05, 0) is 54.5 Å². The van der Waals surface area contributed by atoms with Crippen molar-refractivity contribution in [1.82, 2.24) is 4.90 Å². The van der Waals surface area contributed by atoms with Gasteiger partial charge in [-0.2, -0.15) is 0 Å². The molecule has 2 fully saturated rings. The molecule has 3 atom stereocenters. The van der Waals surface area contributed by atoms with Crippen LogP contribution < -0.4 is 9.64 Å². The highest BCUT2D eigenvalue weighted by atomic mass is 19.1. The maximum absolute atomic E-state index is 13.7. The number of aliphatic hydroxyl groups is 1. The maximum atomic E-state index is 13.7. The monoisotopic (exact) mass is 482 g/mol. The van der Waals surface area contributed by atoms with E-state index in [1.165, 1.54) is 44.2 Å². The first-order valence-corrected chi connectivity index (χ1v) is 13.2. The summed E-state index contributed by atoms with van der Waals surface area (Å²) in [5.74, 6) is 0.646. The van der Waals surface area contributed by atoms with Crippen molar-refractivity contribution in [3.8, 4) is 5.75 Å². The van der Waals surface area contributed by atoms with Gasteiger partial charge < -0.3 is 19.5 Å². The molecule has 5 nitrogen and oxygen atoms in total. The van der Waals surface area contributed by atoms with Crippen LogP contribution in [0.5, 0.6) is 5.75 Å². The smallest absolute Gasteiger partial charge is 0.142 e. The molecule has 3 aliphatic rings. The zero-order valence-electron chi connectivity index (χ0n) is 20.9. The summed E-state index contributed by atoms with van der Waals surface area (Å²) in [6.07, 6.45) is 6.93. The minimum Gasteiger partial charge on any atom is -0.489 e. The number of nitrogens with zero attached hydrogens (tertiary/aromatic N) is 2. The lowest BCUT2D eigenvalue weighted by atomic mass is 9.76. The second-order valence-corrected chi connectivity index (χ2v) is 11.0. The van der Waals surface area contributed by atoms with Gasteiger partial charge in [-0.3, -0.25) is 4.90 Å². The SMILES string of the molecule is CC1(COCC(CN2c3ccccc3OCC2c2ccc(F)cc2)N2CCC(O)C2)CCCCC1. The third-order valence-corrected chi connectivity index (χ3v) is 8.14. The van der Waals surface area contributed by atoms with Gasteiger partial charge in [-0.25, -0.2) is 4.39 Å². The second kappa shape index (κ2) is 10.9. The van der Waals surface area contributed by atoms with Crippen LogP contribution >= 0.6 is 0 Å². The Labute approximate surface area is 208 Å². The molecule has 0 amide bonds. The number of aliphatic hydroxyl groups excluding tert-OH is 1. The van der Waals surface area contributed by atoms with Gasteiger partial charge in [-0.1, -0.05) is 50.5 Å². The maximum Gasteiger partial charge on any atom is 0.142 e. The molecule has 1 aliphatic carbocycles. The van der Waals surface area contributed by atoms with E-state index in [-0.39, 0.29) is 29.4 Å². The number of rotatable bonds is 8. The van der Waals surface area contributed by atoms with Crippen LogP contribution in [0.3, 0.4) is 0 Å². The molecule has 0 aromatic heterocycles. The third-order valence-electron chi connectivity index (χ3n) is 8.14. The van der Waals surface area contributed by atoms with Crippen molar-refractivity contribution in [2.45, 2.75) is 63.6 Å². The zero-order chi connectivity index (χ0) is 24.3. The van der Waals surface area contributed by atoms with Crippen LogP contribution in [0.25, 0.3) is 0 Å². The average Bonchev–Trinajstić information content (AvgIpc) is 3.30. The standard InChI is InChI=1S/C29H39FN2O3/c1-29(14-5-2-6-15-29)21-34-19-24(31-16-13-25(33)18-31)17-32-26-7-3-4-8-28(26)35-20-27(32)22-9-11-23(30)12-10-22/h3-4,7-12,24-25,27,33H,2,5-6,13-21H2,1H3. The van der Waals surface area contributed by atoms with Crippen LogP contribution in [0.4, 0.5) is 10.1 Å². The van der Waals surface area contributed by atoms with E-state index in [1.54, 1.807) is 0 Å². The van der Waals surface area contributed by atoms with E-state index in [4.69, 9.17) is 9.47 Å². The van der Waals surface area contributed by atoms with E-state index in [9.17, 15) is 9.50 Å². The fraction of sp³-hybridized carbons (Fsp3) is 0.586. The van der Waals surface area contributed by atoms with Crippen molar-refractivity contribution in [1.29, 1.82) is 0 Å². The lowest BCUT2D eigenvalue weighted by molar-refractivity contribution is 0.00230. The predicted molar refractivity (Wildman–Crippen MR) is 136 cm³/mol. The number of hydrogen-bond donors (Lipinski definition) is 1. The summed E-state index contributed by atoms with van der Waals surface area (Å²) >= 11 is 0. The first-order chi connectivity index (χ1) is 17.0. The molecule has 6 heteroatoms. The lowest BCUT2D eigenvalue weighted by Crippen LogP contribution is -2.49. The minimum atomic E-state index is -0.279. The summed E-state index contributed by atoms with van der Waals surface area (Å²) in [5.41, 5.74) is 2.36. The van der Waals surface area contributed by atoms with Gasteiger partial charge in [0.1, 0.15) is 18.2 Å². The van der Waals surface area contributed by atoms with Gasteiger partial charge in [0, 0.05) is 19.6 Å². The molecule has 0 radical (unpaired) electrons. The molecular weight excluding hydrogens is 443 g/mol. The molecule has 3 unspecified atom stereocenters. The van der Waals surface area contributed by atoms with Crippen LogP contribution in [0.2, 0.25) is 0 Å². The predicted octanol–water partition coefficient (Wildman–Crippen LogP) is 5.19. The molecule has 190 valence electrons. The second-order valence-electron chi connectivity index (χ2n) is 11.0. The lowest BCUT2D eigenvalue weighted by Gasteiger charge is -2.42. The van der Waals surface area contributed by atoms with E-state index >= 15 is 0 Å². The Hall–Kier alpha value is -2.15. The molecule has 1 saturated carbocycles. The number of anilines is 1. The van der Waals surface area contributed by atoms with Crippen LogP contribution in [-0.4, -0.2) is 61.6 Å². The highest BCUT2D eigenvalue weighted by Gasteiger charge is 2.35. The summed E-state index contributed by atoms with van der Waals surface area (Å²) in [6.45, 7) is 6.61. The van der Waals surface area contributed by atoms with E-state index < -0.39 is 0 Å². The highest BCUT2D eigenvalue weighted by molar-refractivity contribution is 5.61. The zero-order valence-corrected chi connectivity index (χ0v) is 20.9. The average molecular weight is 483 g/mol. The number of fused-ring (bicyclic) bond motifs is 1. The Morgan fingerprint density at radius 2 is 1.89 bits per heavy atom. The summed E-state index contributed by atoms with van der Waals surface area (Å²) in [4.78, 5) is 4.78. The third kappa shape index (κ3) is 5.82. The van der Waals surface area contributed by atoms with Crippen LogP contribution in [-0.2, 0) is 4.74 Å². The van der Waals surface area contributed by atoms with Gasteiger partial charge in [0.15, 0.2) is 0 Å². The number of ether oxygens (including phenoxy) is 2. The first kappa shape index (κ1) is 24.5.